The van der Waals surface area contributed by atoms with E-state index < -0.39 is 49.6 Å². The fourth-order valence-electron chi connectivity index (χ4n) is 10.9. The van der Waals surface area contributed by atoms with Gasteiger partial charge in [0.15, 0.2) is 0 Å². The number of amides is 8. The molecule has 8 amide bonds. The fourth-order valence-corrected chi connectivity index (χ4v) is 10.9. The number of ether oxygens (including phenoxy) is 12. The van der Waals surface area contributed by atoms with Crippen molar-refractivity contribution >= 4 is 81.4 Å². The van der Waals surface area contributed by atoms with Crippen LogP contribution >= 0.6 is 0 Å². The van der Waals surface area contributed by atoms with E-state index in [1.807, 2.05) is 72.8 Å². The molecule has 116 heavy (non-hydrogen) atoms. The number of rotatable bonds is 49. The van der Waals surface area contributed by atoms with Crippen LogP contribution in [0, 0.1) is 0 Å². The number of pyridine rings is 2. The Kier molecular flexibility index (Phi) is 37.3. The first-order valence-electron chi connectivity index (χ1n) is 37.6. The van der Waals surface area contributed by atoms with Crippen molar-refractivity contribution in [2.24, 2.45) is 0 Å². The summed E-state index contributed by atoms with van der Waals surface area (Å²) in [6.45, 7) is 4.39. The van der Waals surface area contributed by atoms with Crippen molar-refractivity contribution in [3.63, 3.8) is 0 Å². The number of carbonyl (C=O) groups is 8. The molecule has 34 nitrogen and oxygen atoms in total. The number of aliphatic hydroxyl groups excluding tert-OH is 1. The molecule has 0 aliphatic rings. The van der Waals surface area contributed by atoms with Crippen LogP contribution in [0.5, 0.6) is 11.5 Å². The monoisotopic (exact) mass is 1600 g/mol. The molecule has 0 bridgehead atoms. The second-order valence-corrected chi connectivity index (χ2v) is 25.8. The average Bonchev–Trinajstić information content (AvgIpc) is 0.820. The van der Waals surface area contributed by atoms with Crippen molar-refractivity contribution in [3.8, 4) is 11.5 Å². The summed E-state index contributed by atoms with van der Waals surface area (Å²) in [7, 11) is 2.88. The van der Waals surface area contributed by atoms with Crippen LogP contribution in [0.25, 0.3) is 21.8 Å². The molecule has 3 aromatic heterocycles. The molecule has 0 saturated heterocycles. The number of hydrogen-bond donors (Lipinski definition) is 6. The van der Waals surface area contributed by atoms with E-state index >= 15 is 0 Å². The van der Waals surface area contributed by atoms with Gasteiger partial charge in [0.1, 0.15) is 37.0 Å². The van der Waals surface area contributed by atoms with Gasteiger partial charge >= 0.3 is 30.5 Å². The summed E-state index contributed by atoms with van der Waals surface area (Å²) in [5.74, 6) is -1.16. The largest absolute Gasteiger partial charge is 0.445 e. The van der Waals surface area contributed by atoms with Gasteiger partial charge in [-0.2, -0.15) is 0 Å². The summed E-state index contributed by atoms with van der Waals surface area (Å²) in [5.41, 5.74) is 4.70. The number of nitrogens with zero attached hydrogens (tertiary/aromatic N) is 8. The number of anilines is 2. The fraction of sp³-hybridized carbons (Fsp3) is 0.366. The van der Waals surface area contributed by atoms with Crippen molar-refractivity contribution in [1.29, 1.82) is 0 Å². The zero-order valence-electron chi connectivity index (χ0n) is 64.7. The number of benzene rings is 6. The maximum atomic E-state index is 14.3. The number of aliphatic hydroxyl groups is 1. The van der Waals surface area contributed by atoms with Crippen molar-refractivity contribution in [3.05, 3.63) is 215 Å². The standard InChI is InChI=1S/C82H97N13O21/c1-92(80(102)114-57-62-17-21-71(22-18-62)115-82(104)94(29-27-85-74(97)49-60-11-5-3-6-12-60)30-28-86-75(98)50-61-13-7-4-8-14-61)31-32-93(2)81(103)116-76-66(58-112-78(100)88-68-19-23-72-63(53-68)15-9-25-83-72)51-65(52-67(76)59-113-79(101)89-69-20-24-73-64(54-69)16-10-26-84-73)77(99)87-55-70-56-95(91-90-70)33-35-105-37-39-107-41-43-109-45-47-111-48-46-110-44-42-108-40-38-106-36-34-96/h3-26,51-54,56,96H,27-50,55,57-59H2,1-2H3,(H,85,97)(H,86,98)(H,87,99)(H,88,100)(H,89,101). The van der Waals surface area contributed by atoms with Gasteiger partial charge in [-0.15, -0.1) is 5.10 Å². The highest BCUT2D eigenvalue weighted by Crippen LogP contribution is 2.30. The summed E-state index contributed by atoms with van der Waals surface area (Å²) >= 11 is 0. The van der Waals surface area contributed by atoms with Gasteiger partial charge in [-0.3, -0.25) is 35.0 Å². The molecular formula is C82H97N13O21. The van der Waals surface area contributed by atoms with Crippen LogP contribution in [0.2, 0.25) is 0 Å². The highest BCUT2D eigenvalue weighted by atomic mass is 16.6. The van der Waals surface area contributed by atoms with Crippen molar-refractivity contribution < 1.29 is 100 Å². The SMILES string of the molecule is CN(CCN(C)C(=O)Oc1c(COC(=O)Nc2ccc3ncccc3c2)cc(C(=O)NCc2cn(CCOCCOCCOCCOCCOCCOCCOCCO)nn2)cc1COC(=O)Nc1ccc2ncccc2c1)C(=O)OCc1ccc(OC(=O)N(CCNC(=O)Cc2ccccc2)CCNC(=O)Cc2ccccc2)cc1. The van der Waals surface area contributed by atoms with E-state index in [0.29, 0.717) is 119 Å². The van der Waals surface area contributed by atoms with Gasteiger partial charge in [0.2, 0.25) is 11.8 Å². The molecule has 0 spiro atoms. The molecule has 616 valence electrons. The topological polar surface area (TPSA) is 394 Å². The highest BCUT2D eigenvalue weighted by molar-refractivity contribution is 5.95. The van der Waals surface area contributed by atoms with Gasteiger partial charge in [-0.1, -0.05) is 90.1 Å². The number of hydrogen-bond acceptors (Lipinski definition) is 25. The lowest BCUT2D eigenvalue weighted by Crippen LogP contribution is -2.44. The Morgan fingerprint density at radius 3 is 1.41 bits per heavy atom. The molecular weight excluding hydrogens is 1500 g/mol. The van der Waals surface area contributed by atoms with Gasteiger partial charge in [0.05, 0.1) is 142 Å². The molecule has 6 aromatic carbocycles. The number of aromatic nitrogens is 5. The average molecular weight is 1600 g/mol. The Labute approximate surface area is 670 Å². The summed E-state index contributed by atoms with van der Waals surface area (Å²) < 4.78 is 68.9. The molecule has 0 aliphatic heterocycles. The Hall–Kier alpha value is -12.3. The summed E-state index contributed by atoms with van der Waals surface area (Å²) in [4.78, 5) is 121. The number of likely N-dealkylation sites (N-methyl/N-ethyl adjacent to an activating group) is 2. The predicted molar refractivity (Wildman–Crippen MR) is 423 cm³/mol. The molecule has 3 heterocycles. The summed E-state index contributed by atoms with van der Waals surface area (Å²) in [6.07, 6.45) is 0.951. The smallest absolute Gasteiger partial charge is 0.415 e. The molecule has 0 radical (unpaired) electrons. The third-order valence-electron chi connectivity index (χ3n) is 17.0. The second kappa shape index (κ2) is 49.4. The lowest BCUT2D eigenvalue weighted by Gasteiger charge is -2.23. The minimum Gasteiger partial charge on any atom is -0.445 e. The van der Waals surface area contributed by atoms with E-state index in [1.54, 1.807) is 83.9 Å². The van der Waals surface area contributed by atoms with Gasteiger partial charge in [-0.25, -0.2) is 28.7 Å². The number of carbonyl (C=O) groups excluding carboxylic acids is 8. The Bertz CT molecular complexity index is 4390. The normalized spacial score (nSPS) is 11.0. The van der Waals surface area contributed by atoms with E-state index in [9.17, 15) is 38.4 Å². The first-order valence-corrected chi connectivity index (χ1v) is 37.6. The van der Waals surface area contributed by atoms with Gasteiger partial charge in [-0.05, 0) is 89.5 Å². The van der Waals surface area contributed by atoms with E-state index in [2.05, 4.69) is 46.9 Å². The third-order valence-corrected chi connectivity index (χ3v) is 17.0. The molecule has 9 rings (SSSR count). The Morgan fingerprint density at radius 1 is 0.448 bits per heavy atom. The minimum atomic E-state index is -0.965. The molecule has 0 fully saturated rings. The second-order valence-electron chi connectivity index (χ2n) is 25.8. The zero-order chi connectivity index (χ0) is 81.7. The minimum absolute atomic E-state index is 0.00287. The highest BCUT2D eigenvalue weighted by Gasteiger charge is 2.25. The van der Waals surface area contributed by atoms with Crippen LogP contribution in [-0.2, 0) is 103 Å². The van der Waals surface area contributed by atoms with Crippen LogP contribution in [0.15, 0.2) is 176 Å². The molecule has 0 atom stereocenters. The van der Waals surface area contributed by atoms with Crippen LogP contribution in [0.4, 0.5) is 35.3 Å². The number of nitrogens with one attached hydrogen (secondary N) is 5. The molecule has 6 N–H and O–H groups in total. The quantitative estimate of drug-likeness (QED) is 0.0155. The van der Waals surface area contributed by atoms with Crippen molar-refractivity contribution in [1.82, 2.24) is 55.6 Å². The molecule has 34 heteroatoms. The molecule has 0 aliphatic carbocycles. The van der Waals surface area contributed by atoms with Crippen LogP contribution < -0.4 is 36.1 Å². The van der Waals surface area contributed by atoms with Crippen molar-refractivity contribution in [2.75, 3.05) is 163 Å². The molecule has 0 saturated carbocycles. The van der Waals surface area contributed by atoms with E-state index in [-0.39, 0.29) is 125 Å². The first-order chi connectivity index (χ1) is 56.6. The van der Waals surface area contributed by atoms with E-state index in [0.717, 1.165) is 21.9 Å². The van der Waals surface area contributed by atoms with Gasteiger partial charge in [0, 0.05) is 105 Å². The van der Waals surface area contributed by atoms with Crippen molar-refractivity contribution in [2.45, 2.75) is 45.8 Å². The maximum absolute atomic E-state index is 14.3. The van der Waals surface area contributed by atoms with Crippen LogP contribution in [-0.4, -0.2) is 245 Å². The Morgan fingerprint density at radius 2 is 0.922 bits per heavy atom. The molecule has 0 unspecified atom stereocenters. The first kappa shape index (κ1) is 87.7. The van der Waals surface area contributed by atoms with Crippen LogP contribution in [0.1, 0.15) is 43.9 Å². The van der Waals surface area contributed by atoms with Gasteiger partial charge < -0.3 is 92.6 Å². The van der Waals surface area contributed by atoms with Gasteiger partial charge in [0.25, 0.3) is 5.91 Å². The van der Waals surface area contributed by atoms with Crippen LogP contribution in [0.3, 0.4) is 0 Å². The predicted octanol–water partition coefficient (Wildman–Crippen LogP) is 8.13. The van der Waals surface area contributed by atoms with E-state index in [1.165, 1.54) is 53.1 Å². The molecule has 9 aromatic rings. The summed E-state index contributed by atoms with van der Waals surface area (Å²) in [6, 6.07) is 44.7. The zero-order valence-corrected chi connectivity index (χ0v) is 64.7. The third kappa shape index (κ3) is 31.9. The van der Waals surface area contributed by atoms with E-state index in [4.69, 9.17) is 61.9 Å². The lowest BCUT2D eigenvalue weighted by molar-refractivity contribution is -0.121. The Balaban J connectivity index is 0.782. The summed E-state index contributed by atoms with van der Waals surface area (Å²) in [5, 5.41) is 32.5. The maximum Gasteiger partial charge on any atom is 0.415 e. The lowest BCUT2D eigenvalue weighted by atomic mass is 10.0. The number of fused-ring (bicyclic) bond motifs is 2.